The van der Waals surface area contributed by atoms with Gasteiger partial charge in [-0.15, -0.1) is 0 Å². The van der Waals surface area contributed by atoms with Crippen molar-refractivity contribution in [2.75, 3.05) is 13.7 Å². The first-order valence-corrected chi connectivity index (χ1v) is 4.60. The molecule has 2 heterocycles. The number of nitrogens with one attached hydrogen (secondary N) is 1. The summed E-state index contributed by atoms with van der Waals surface area (Å²) in [5.74, 6) is 0. The molecule has 0 spiro atoms. The summed E-state index contributed by atoms with van der Waals surface area (Å²) in [6, 6.07) is 4.45. The van der Waals surface area contributed by atoms with E-state index >= 15 is 0 Å². The zero-order valence-corrected chi connectivity index (χ0v) is 7.73. The Labute approximate surface area is 78.1 Å². The molecule has 0 bridgehead atoms. The monoisotopic (exact) mass is 178 g/mol. The second kappa shape index (κ2) is 3.85. The fourth-order valence-corrected chi connectivity index (χ4v) is 1.76. The molecule has 70 valence electrons. The molecule has 2 rings (SSSR count). The minimum absolute atomic E-state index is 0.179. The molecule has 2 atom stereocenters. The Balaban J connectivity index is 2.16. The first-order chi connectivity index (χ1) is 6.42. The largest absolute Gasteiger partial charge is 0.372 e. The highest BCUT2D eigenvalue weighted by Gasteiger charge is 2.27. The molecule has 0 unspecified atom stereocenters. The zero-order valence-electron chi connectivity index (χ0n) is 7.73. The van der Waals surface area contributed by atoms with Gasteiger partial charge in [0.15, 0.2) is 0 Å². The Morgan fingerprint density at radius 2 is 2.54 bits per heavy atom. The molecule has 1 aliphatic heterocycles. The smallest absolute Gasteiger partial charge is 0.0993 e. The Hall–Kier alpha value is -0.930. The van der Waals surface area contributed by atoms with Crippen LogP contribution < -0.4 is 5.32 Å². The Morgan fingerprint density at radius 1 is 1.62 bits per heavy atom. The zero-order chi connectivity index (χ0) is 9.10. The lowest BCUT2D eigenvalue weighted by molar-refractivity contribution is 0.0999. The van der Waals surface area contributed by atoms with E-state index in [1.54, 1.807) is 6.20 Å². The van der Waals surface area contributed by atoms with Crippen molar-refractivity contribution in [3.05, 3.63) is 30.1 Å². The van der Waals surface area contributed by atoms with Gasteiger partial charge in [-0.05, 0) is 19.5 Å². The van der Waals surface area contributed by atoms with Crippen LogP contribution in [0.1, 0.15) is 18.1 Å². The molecule has 1 aliphatic rings. The fraction of sp³-hybridized carbons (Fsp3) is 0.500. The highest BCUT2D eigenvalue weighted by molar-refractivity contribution is 5.15. The quantitative estimate of drug-likeness (QED) is 0.737. The lowest BCUT2D eigenvalue weighted by Gasteiger charge is -2.17. The molecule has 1 N–H and O–H groups in total. The van der Waals surface area contributed by atoms with E-state index in [9.17, 15) is 0 Å². The second-order valence-electron chi connectivity index (χ2n) is 3.26. The summed E-state index contributed by atoms with van der Waals surface area (Å²) in [5, 5.41) is 3.26. The number of likely N-dealkylation sites (N-methyl/N-ethyl adjacent to an activating group) is 1. The Morgan fingerprint density at radius 3 is 3.23 bits per heavy atom. The van der Waals surface area contributed by atoms with Gasteiger partial charge in [0.2, 0.25) is 0 Å². The van der Waals surface area contributed by atoms with Crippen LogP contribution in [0.5, 0.6) is 0 Å². The van der Waals surface area contributed by atoms with Crippen molar-refractivity contribution in [1.82, 2.24) is 10.3 Å². The van der Waals surface area contributed by atoms with Gasteiger partial charge in [0.05, 0.1) is 6.10 Å². The standard InChI is InChI=1S/C10H14N2O/c1-11-9-4-6-13-10(9)8-3-2-5-12-7-8/h2-3,5,7,9-11H,4,6H2,1H3/t9-,10-/m0/s1. The lowest BCUT2D eigenvalue weighted by atomic mass is 10.0. The van der Waals surface area contributed by atoms with Gasteiger partial charge in [0.1, 0.15) is 0 Å². The maximum absolute atomic E-state index is 5.64. The van der Waals surface area contributed by atoms with Gasteiger partial charge in [-0.3, -0.25) is 4.98 Å². The maximum atomic E-state index is 5.64. The third-order valence-electron chi connectivity index (χ3n) is 2.48. The first-order valence-electron chi connectivity index (χ1n) is 4.60. The molecule has 1 saturated heterocycles. The minimum atomic E-state index is 0.179. The Bertz CT molecular complexity index is 263. The van der Waals surface area contributed by atoms with Gasteiger partial charge in [-0.1, -0.05) is 6.07 Å². The number of pyridine rings is 1. The summed E-state index contributed by atoms with van der Waals surface area (Å²) in [6.07, 6.45) is 4.92. The topological polar surface area (TPSA) is 34.1 Å². The molecule has 1 aromatic rings. The van der Waals surface area contributed by atoms with Gasteiger partial charge in [-0.25, -0.2) is 0 Å². The van der Waals surface area contributed by atoms with Gasteiger partial charge in [-0.2, -0.15) is 0 Å². The predicted molar refractivity (Wildman–Crippen MR) is 50.4 cm³/mol. The Kier molecular flexibility index (Phi) is 2.57. The van der Waals surface area contributed by atoms with Crippen molar-refractivity contribution in [2.45, 2.75) is 18.6 Å². The van der Waals surface area contributed by atoms with Crippen molar-refractivity contribution in [1.29, 1.82) is 0 Å². The van der Waals surface area contributed by atoms with E-state index in [4.69, 9.17) is 4.74 Å². The van der Waals surface area contributed by atoms with Crippen LogP contribution in [0.2, 0.25) is 0 Å². The van der Waals surface area contributed by atoms with Crippen molar-refractivity contribution < 1.29 is 4.74 Å². The van der Waals surface area contributed by atoms with E-state index in [-0.39, 0.29) is 6.10 Å². The number of ether oxygens (including phenoxy) is 1. The molecular weight excluding hydrogens is 164 g/mol. The van der Waals surface area contributed by atoms with E-state index in [0.29, 0.717) is 6.04 Å². The molecule has 0 aliphatic carbocycles. The van der Waals surface area contributed by atoms with Crippen LogP contribution in [-0.4, -0.2) is 24.7 Å². The van der Waals surface area contributed by atoms with Crippen LogP contribution in [0.25, 0.3) is 0 Å². The number of rotatable bonds is 2. The average molecular weight is 178 g/mol. The molecule has 1 aromatic heterocycles. The molecule has 0 aromatic carbocycles. The molecule has 3 nitrogen and oxygen atoms in total. The number of aromatic nitrogens is 1. The average Bonchev–Trinajstić information content (AvgIpc) is 2.67. The summed E-state index contributed by atoms with van der Waals surface area (Å²) in [7, 11) is 1.97. The van der Waals surface area contributed by atoms with Crippen LogP contribution in [0.15, 0.2) is 24.5 Å². The lowest BCUT2D eigenvalue weighted by Crippen LogP contribution is -2.28. The third-order valence-corrected chi connectivity index (χ3v) is 2.48. The SMILES string of the molecule is CN[C@H]1CCO[C@H]1c1cccnc1. The van der Waals surface area contributed by atoms with Crippen molar-refractivity contribution in [3.63, 3.8) is 0 Å². The van der Waals surface area contributed by atoms with Crippen molar-refractivity contribution >= 4 is 0 Å². The molecule has 1 fully saturated rings. The van der Waals surface area contributed by atoms with Gasteiger partial charge in [0.25, 0.3) is 0 Å². The number of hydrogen-bond donors (Lipinski definition) is 1. The highest BCUT2D eigenvalue weighted by atomic mass is 16.5. The van der Waals surface area contributed by atoms with E-state index < -0.39 is 0 Å². The van der Waals surface area contributed by atoms with Crippen molar-refractivity contribution in [2.24, 2.45) is 0 Å². The highest BCUT2D eigenvalue weighted by Crippen LogP contribution is 2.27. The summed E-state index contributed by atoms with van der Waals surface area (Å²) < 4.78 is 5.64. The molecule has 3 heteroatoms. The molecular formula is C10H14N2O. The van der Waals surface area contributed by atoms with Gasteiger partial charge >= 0.3 is 0 Å². The van der Waals surface area contributed by atoms with Crippen LogP contribution in [0.3, 0.4) is 0 Å². The van der Waals surface area contributed by atoms with Gasteiger partial charge < -0.3 is 10.1 Å². The summed E-state index contributed by atoms with van der Waals surface area (Å²) >= 11 is 0. The van der Waals surface area contributed by atoms with Crippen LogP contribution >= 0.6 is 0 Å². The predicted octanol–water partition coefficient (Wildman–Crippen LogP) is 1.13. The van der Waals surface area contributed by atoms with Crippen LogP contribution in [0.4, 0.5) is 0 Å². The summed E-state index contributed by atoms with van der Waals surface area (Å²) in [5.41, 5.74) is 1.17. The number of hydrogen-bond acceptors (Lipinski definition) is 3. The van der Waals surface area contributed by atoms with E-state index in [1.165, 1.54) is 5.56 Å². The minimum Gasteiger partial charge on any atom is -0.372 e. The van der Waals surface area contributed by atoms with E-state index in [0.717, 1.165) is 13.0 Å². The summed E-state index contributed by atoms with van der Waals surface area (Å²) in [4.78, 5) is 4.09. The fourth-order valence-electron chi connectivity index (χ4n) is 1.76. The number of nitrogens with zero attached hydrogens (tertiary/aromatic N) is 1. The molecule has 0 saturated carbocycles. The van der Waals surface area contributed by atoms with Crippen LogP contribution in [0, 0.1) is 0 Å². The van der Waals surface area contributed by atoms with Crippen molar-refractivity contribution in [3.8, 4) is 0 Å². The second-order valence-corrected chi connectivity index (χ2v) is 3.26. The van der Waals surface area contributed by atoms with Crippen LogP contribution in [-0.2, 0) is 4.74 Å². The van der Waals surface area contributed by atoms with E-state index in [1.807, 2.05) is 19.3 Å². The summed E-state index contributed by atoms with van der Waals surface area (Å²) in [6.45, 7) is 0.838. The normalized spacial score (nSPS) is 27.8. The third kappa shape index (κ3) is 1.71. The van der Waals surface area contributed by atoms with E-state index in [2.05, 4.69) is 16.4 Å². The maximum Gasteiger partial charge on any atom is 0.0993 e. The first kappa shape index (κ1) is 8.66. The molecule has 0 amide bonds. The molecule has 13 heavy (non-hydrogen) atoms. The molecule has 0 radical (unpaired) electrons. The van der Waals surface area contributed by atoms with Gasteiger partial charge in [0, 0.05) is 30.6 Å².